The summed E-state index contributed by atoms with van der Waals surface area (Å²) in [4.78, 5) is 12.2. The second-order valence-electron chi connectivity index (χ2n) is 7.11. The number of aliphatic hydroxyl groups excluding tert-OH is 1. The quantitative estimate of drug-likeness (QED) is 0.627. The van der Waals surface area contributed by atoms with Crippen LogP contribution < -0.4 is 19.3 Å². The van der Waals surface area contributed by atoms with E-state index in [1.807, 2.05) is 49.1 Å². The number of methoxy groups -OCH3 is 2. The standard InChI is InChI=1S/C22H23ClN4O3/c1-13-6-5-7-14(2)19(13)26-12-15-11-24-21(23)25-20(15)27(22(26)28)17-9-8-16(29-3)10-18(17)30-4/h5-11,22,28H,12H2,1-4H3. The Balaban J connectivity index is 1.92. The molecule has 30 heavy (non-hydrogen) atoms. The van der Waals surface area contributed by atoms with Crippen LogP contribution in [0.2, 0.25) is 5.28 Å². The van der Waals surface area contributed by atoms with Crippen LogP contribution in [0.5, 0.6) is 11.5 Å². The van der Waals surface area contributed by atoms with Crippen molar-refractivity contribution in [3.8, 4) is 11.5 Å². The van der Waals surface area contributed by atoms with Gasteiger partial charge in [-0.05, 0) is 48.7 Å². The number of anilines is 3. The third-order valence-electron chi connectivity index (χ3n) is 5.26. The molecule has 0 bridgehead atoms. The largest absolute Gasteiger partial charge is 0.497 e. The van der Waals surface area contributed by atoms with Gasteiger partial charge in [-0.3, -0.25) is 4.90 Å². The summed E-state index contributed by atoms with van der Waals surface area (Å²) in [5.74, 6) is 1.72. The minimum atomic E-state index is -1.04. The minimum absolute atomic E-state index is 0.110. The first-order valence-electron chi connectivity index (χ1n) is 9.48. The SMILES string of the molecule is COc1ccc(N2c3nc(Cl)ncc3CN(c3c(C)cccc3C)C2O)c(OC)c1. The molecule has 8 heteroatoms. The summed E-state index contributed by atoms with van der Waals surface area (Å²) in [6.07, 6.45) is 0.658. The molecule has 0 amide bonds. The van der Waals surface area contributed by atoms with Gasteiger partial charge in [-0.15, -0.1) is 0 Å². The Morgan fingerprint density at radius 3 is 2.50 bits per heavy atom. The zero-order valence-corrected chi connectivity index (χ0v) is 18.0. The van der Waals surface area contributed by atoms with Gasteiger partial charge in [0.25, 0.3) is 0 Å². The van der Waals surface area contributed by atoms with Crippen molar-refractivity contribution in [3.05, 3.63) is 64.6 Å². The number of fused-ring (bicyclic) bond motifs is 1. The molecule has 1 N–H and O–H groups in total. The Bertz CT molecular complexity index is 1070. The van der Waals surface area contributed by atoms with Crippen LogP contribution in [0.15, 0.2) is 42.6 Å². The van der Waals surface area contributed by atoms with E-state index in [0.717, 1.165) is 22.4 Å². The average Bonchev–Trinajstić information content (AvgIpc) is 2.74. The van der Waals surface area contributed by atoms with Crippen molar-refractivity contribution in [1.29, 1.82) is 0 Å². The lowest BCUT2D eigenvalue weighted by molar-refractivity contribution is 0.165. The topological polar surface area (TPSA) is 71.0 Å². The van der Waals surface area contributed by atoms with Crippen molar-refractivity contribution in [2.75, 3.05) is 24.0 Å². The van der Waals surface area contributed by atoms with E-state index < -0.39 is 6.35 Å². The van der Waals surface area contributed by atoms with Gasteiger partial charge in [0.2, 0.25) is 11.6 Å². The van der Waals surface area contributed by atoms with Gasteiger partial charge in [-0.25, -0.2) is 4.98 Å². The van der Waals surface area contributed by atoms with E-state index >= 15 is 0 Å². The number of hydrogen-bond donors (Lipinski definition) is 1. The van der Waals surface area contributed by atoms with Crippen molar-refractivity contribution in [3.63, 3.8) is 0 Å². The van der Waals surface area contributed by atoms with Crippen LogP contribution in [0.1, 0.15) is 16.7 Å². The lowest BCUT2D eigenvalue weighted by Gasteiger charge is -2.44. The molecule has 1 aliphatic rings. The number of nitrogens with zero attached hydrogens (tertiary/aromatic N) is 4. The number of ether oxygens (including phenoxy) is 2. The fourth-order valence-electron chi connectivity index (χ4n) is 3.89. The summed E-state index contributed by atoms with van der Waals surface area (Å²) in [6.45, 7) is 4.50. The molecule has 0 aliphatic carbocycles. The first-order chi connectivity index (χ1) is 14.4. The lowest BCUT2D eigenvalue weighted by atomic mass is 10.1. The number of aromatic nitrogens is 2. The van der Waals surface area contributed by atoms with Crippen LogP contribution in [0.4, 0.5) is 17.2 Å². The average molecular weight is 427 g/mol. The highest BCUT2D eigenvalue weighted by atomic mass is 35.5. The minimum Gasteiger partial charge on any atom is -0.497 e. The van der Waals surface area contributed by atoms with Gasteiger partial charge in [0.15, 0.2) is 0 Å². The molecule has 1 aromatic heterocycles. The van der Waals surface area contributed by atoms with Gasteiger partial charge >= 0.3 is 0 Å². The molecule has 0 saturated carbocycles. The van der Waals surface area contributed by atoms with Crippen LogP contribution in [0.3, 0.4) is 0 Å². The first-order valence-corrected chi connectivity index (χ1v) is 9.86. The van der Waals surface area contributed by atoms with E-state index in [1.54, 1.807) is 31.4 Å². The number of aryl methyl sites for hydroxylation is 2. The molecule has 0 fully saturated rings. The third-order valence-corrected chi connectivity index (χ3v) is 5.45. The Kier molecular flexibility index (Phi) is 5.40. The van der Waals surface area contributed by atoms with Crippen LogP contribution in [-0.4, -0.2) is 35.6 Å². The maximum Gasteiger partial charge on any atom is 0.224 e. The van der Waals surface area contributed by atoms with Crippen LogP contribution in [-0.2, 0) is 6.54 Å². The summed E-state index contributed by atoms with van der Waals surface area (Å²) in [5, 5.41) is 11.6. The van der Waals surface area contributed by atoms with Gasteiger partial charge in [0.05, 0.1) is 26.5 Å². The van der Waals surface area contributed by atoms with E-state index in [9.17, 15) is 5.11 Å². The number of aliphatic hydroxyl groups is 1. The van der Waals surface area contributed by atoms with Crippen molar-refractivity contribution >= 4 is 28.8 Å². The van der Waals surface area contributed by atoms with Gasteiger partial charge in [-0.2, -0.15) is 4.98 Å². The normalized spacial score (nSPS) is 15.7. The molecule has 2 heterocycles. The smallest absolute Gasteiger partial charge is 0.224 e. The molecule has 4 rings (SSSR count). The van der Waals surface area contributed by atoms with Gasteiger partial charge in [-0.1, -0.05) is 18.2 Å². The third kappa shape index (κ3) is 3.40. The first kappa shape index (κ1) is 20.3. The van der Waals surface area contributed by atoms with Crippen molar-refractivity contribution in [2.24, 2.45) is 0 Å². The monoisotopic (exact) mass is 426 g/mol. The number of para-hydroxylation sites is 1. The highest BCUT2D eigenvalue weighted by Crippen LogP contribution is 2.43. The fraction of sp³-hybridized carbons (Fsp3) is 0.273. The molecule has 0 saturated heterocycles. The summed E-state index contributed by atoms with van der Waals surface area (Å²) in [7, 11) is 3.17. The van der Waals surface area contributed by atoms with Crippen molar-refractivity contribution in [2.45, 2.75) is 26.7 Å². The molecule has 1 aliphatic heterocycles. The van der Waals surface area contributed by atoms with Crippen molar-refractivity contribution < 1.29 is 14.6 Å². The molecule has 0 radical (unpaired) electrons. The summed E-state index contributed by atoms with van der Waals surface area (Å²) >= 11 is 6.11. The van der Waals surface area contributed by atoms with Gasteiger partial charge in [0.1, 0.15) is 17.3 Å². The maximum absolute atomic E-state index is 11.5. The highest BCUT2D eigenvalue weighted by Gasteiger charge is 2.36. The Morgan fingerprint density at radius 1 is 1.10 bits per heavy atom. The van der Waals surface area contributed by atoms with Crippen LogP contribution in [0.25, 0.3) is 0 Å². The van der Waals surface area contributed by atoms with Crippen LogP contribution >= 0.6 is 11.6 Å². The number of rotatable bonds is 4. The molecule has 156 valence electrons. The second-order valence-corrected chi connectivity index (χ2v) is 7.45. The van der Waals surface area contributed by atoms with E-state index in [0.29, 0.717) is 29.5 Å². The zero-order chi connectivity index (χ0) is 21.4. The highest BCUT2D eigenvalue weighted by molar-refractivity contribution is 6.28. The second kappa shape index (κ2) is 8.01. The van der Waals surface area contributed by atoms with E-state index in [-0.39, 0.29) is 5.28 Å². The van der Waals surface area contributed by atoms with E-state index in [1.165, 1.54) is 0 Å². The Labute approximate surface area is 180 Å². The van der Waals surface area contributed by atoms with Crippen molar-refractivity contribution in [1.82, 2.24) is 9.97 Å². The predicted molar refractivity (Wildman–Crippen MR) is 117 cm³/mol. The number of halogens is 1. The summed E-state index contributed by atoms with van der Waals surface area (Å²) in [6, 6.07) is 11.5. The summed E-state index contributed by atoms with van der Waals surface area (Å²) in [5.41, 5.74) is 4.56. The predicted octanol–water partition coefficient (Wildman–Crippen LogP) is 4.20. The van der Waals surface area contributed by atoms with E-state index in [4.69, 9.17) is 21.1 Å². The van der Waals surface area contributed by atoms with Gasteiger partial charge < -0.3 is 19.5 Å². The van der Waals surface area contributed by atoms with Crippen LogP contribution in [0, 0.1) is 13.8 Å². The van der Waals surface area contributed by atoms with Gasteiger partial charge in [0, 0.05) is 23.5 Å². The molecular formula is C22H23ClN4O3. The fourth-order valence-corrected chi connectivity index (χ4v) is 4.02. The molecule has 1 unspecified atom stereocenters. The molecule has 2 aromatic carbocycles. The maximum atomic E-state index is 11.5. The number of hydrogen-bond acceptors (Lipinski definition) is 7. The Morgan fingerprint density at radius 2 is 1.83 bits per heavy atom. The molecule has 0 spiro atoms. The molecule has 7 nitrogen and oxygen atoms in total. The molecular weight excluding hydrogens is 404 g/mol. The molecule has 1 atom stereocenters. The van der Waals surface area contributed by atoms with E-state index in [2.05, 4.69) is 9.97 Å². The number of benzene rings is 2. The lowest BCUT2D eigenvalue weighted by Crippen LogP contribution is -2.51. The Hall–Kier alpha value is -3.03. The molecule has 3 aromatic rings. The summed E-state index contributed by atoms with van der Waals surface area (Å²) < 4.78 is 10.9. The zero-order valence-electron chi connectivity index (χ0n) is 17.3.